The number of methoxy groups -OCH3 is 1. The van der Waals surface area contributed by atoms with Crippen LogP contribution in [0.15, 0.2) is 59.7 Å². The van der Waals surface area contributed by atoms with Crippen LogP contribution in [0.1, 0.15) is 16.7 Å². The minimum absolute atomic E-state index is 0.204. The summed E-state index contributed by atoms with van der Waals surface area (Å²) >= 11 is 8.55. The molecule has 3 rings (SSSR count). The number of hydrogen-bond acceptors (Lipinski definition) is 6. The van der Waals surface area contributed by atoms with E-state index >= 15 is 0 Å². The fourth-order valence-electron chi connectivity index (χ4n) is 2.82. The Balaban J connectivity index is 1.77. The van der Waals surface area contributed by atoms with E-state index in [0.29, 0.717) is 23.1 Å². The van der Waals surface area contributed by atoms with E-state index in [1.54, 1.807) is 12.1 Å². The summed E-state index contributed by atoms with van der Waals surface area (Å²) in [6, 6.07) is 13.0. The number of hydrazone groups is 1. The Labute approximate surface area is 210 Å². The number of halogens is 5. The third-order valence-corrected chi connectivity index (χ3v) is 5.47. The van der Waals surface area contributed by atoms with E-state index in [2.05, 4.69) is 33.1 Å². The molecule has 12 heteroatoms. The van der Waals surface area contributed by atoms with Crippen LogP contribution in [0.25, 0.3) is 0 Å². The number of hydrogen-bond donors (Lipinski definition) is 1. The van der Waals surface area contributed by atoms with Gasteiger partial charge in [-0.15, -0.1) is 0 Å². The fraction of sp³-hybridized carbons (Fsp3) is 0.136. The van der Waals surface area contributed by atoms with Gasteiger partial charge in [0.15, 0.2) is 11.5 Å². The van der Waals surface area contributed by atoms with Gasteiger partial charge in [0.25, 0.3) is 5.69 Å². The van der Waals surface area contributed by atoms with Crippen LogP contribution < -0.4 is 14.9 Å². The first-order valence-corrected chi connectivity index (χ1v) is 10.9. The molecule has 0 unspecified atom stereocenters. The van der Waals surface area contributed by atoms with Crippen molar-refractivity contribution < 1.29 is 27.6 Å². The summed E-state index contributed by atoms with van der Waals surface area (Å²) in [5.74, 6) is 0.658. The maximum atomic E-state index is 12.8. The molecular formula is C22H16ClF3IN3O4. The van der Waals surface area contributed by atoms with Crippen molar-refractivity contribution in [3.05, 3.63) is 90.0 Å². The van der Waals surface area contributed by atoms with E-state index in [-0.39, 0.29) is 17.3 Å². The molecule has 0 spiro atoms. The van der Waals surface area contributed by atoms with Gasteiger partial charge in [-0.2, -0.15) is 18.3 Å². The molecule has 1 N–H and O–H groups in total. The summed E-state index contributed by atoms with van der Waals surface area (Å²) in [5.41, 5.74) is 1.69. The lowest BCUT2D eigenvalue weighted by molar-refractivity contribution is -0.384. The smallest absolute Gasteiger partial charge is 0.416 e. The monoisotopic (exact) mass is 605 g/mol. The van der Waals surface area contributed by atoms with Crippen molar-refractivity contribution in [1.29, 1.82) is 0 Å². The number of alkyl halides is 3. The maximum Gasteiger partial charge on any atom is 0.416 e. The normalized spacial score (nSPS) is 11.5. The first kappa shape index (κ1) is 25.6. The lowest BCUT2D eigenvalue weighted by Gasteiger charge is -2.13. The van der Waals surface area contributed by atoms with E-state index in [0.717, 1.165) is 21.3 Å². The van der Waals surface area contributed by atoms with Gasteiger partial charge in [-0.25, -0.2) is 0 Å². The van der Waals surface area contributed by atoms with Crippen LogP contribution in [-0.2, 0) is 12.8 Å². The number of ether oxygens (including phenoxy) is 2. The Kier molecular flexibility index (Phi) is 8.20. The topological polar surface area (TPSA) is 86.0 Å². The summed E-state index contributed by atoms with van der Waals surface area (Å²) in [6.07, 6.45) is -3.42. The Morgan fingerprint density at radius 2 is 1.88 bits per heavy atom. The maximum absolute atomic E-state index is 12.8. The van der Waals surface area contributed by atoms with Gasteiger partial charge in [0.05, 0.1) is 28.8 Å². The zero-order valence-electron chi connectivity index (χ0n) is 17.4. The fourth-order valence-corrected chi connectivity index (χ4v) is 3.45. The number of nitro groups is 1. The molecule has 7 nitrogen and oxygen atoms in total. The second kappa shape index (κ2) is 10.9. The van der Waals surface area contributed by atoms with Crippen molar-refractivity contribution in [1.82, 2.24) is 0 Å². The average molecular weight is 606 g/mol. The largest absolute Gasteiger partial charge is 0.493 e. The van der Waals surface area contributed by atoms with Crippen LogP contribution in [0.4, 0.5) is 24.5 Å². The third kappa shape index (κ3) is 6.50. The minimum atomic E-state index is -4.71. The lowest BCUT2D eigenvalue weighted by Crippen LogP contribution is -2.06. The zero-order chi connectivity index (χ0) is 24.9. The quantitative estimate of drug-likeness (QED) is 0.131. The highest BCUT2D eigenvalue weighted by molar-refractivity contribution is 14.1. The second-order valence-corrected chi connectivity index (χ2v) is 8.46. The van der Waals surface area contributed by atoms with Crippen molar-refractivity contribution in [2.24, 2.45) is 5.10 Å². The first-order chi connectivity index (χ1) is 16.1. The predicted octanol–water partition coefficient (Wildman–Crippen LogP) is 6.91. The van der Waals surface area contributed by atoms with E-state index in [4.69, 9.17) is 21.1 Å². The van der Waals surface area contributed by atoms with Gasteiger partial charge in [0, 0.05) is 9.64 Å². The SMILES string of the molecule is COc1cc(/C=N\Nc2ccc(C(F)(F)F)cc2[N+](=O)[O-])cc(Cl)c1OCc1ccc(I)cc1. The van der Waals surface area contributed by atoms with Gasteiger partial charge in [0.1, 0.15) is 12.3 Å². The molecule has 0 bridgehead atoms. The van der Waals surface area contributed by atoms with Gasteiger partial charge < -0.3 is 9.47 Å². The summed E-state index contributed by atoms with van der Waals surface area (Å²) in [6.45, 7) is 0.263. The van der Waals surface area contributed by atoms with Gasteiger partial charge in [-0.1, -0.05) is 23.7 Å². The Bertz CT molecular complexity index is 1220. The molecule has 3 aromatic carbocycles. The van der Waals surface area contributed by atoms with E-state index in [1.165, 1.54) is 13.3 Å². The number of nitrogens with zero attached hydrogens (tertiary/aromatic N) is 2. The molecule has 0 aliphatic carbocycles. The van der Waals surface area contributed by atoms with Crippen molar-refractivity contribution in [3.63, 3.8) is 0 Å². The molecule has 0 fully saturated rings. The molecule has 0 radical (unpaired) electrons. The minimum Gasteiger partial charge on any atom is -0.493 e. The highest BCUT2D eigenvalue weighted by Crippen LogP contribution is 2.37. The standard InChI is InChI=1S/C22H16ClF3IN3O4/c1-33-20-9-14(8-17(23)21(20)34-12-13-2-5-16(27)6-3-13)11-28-29-18-7-4-15(22(24,25)26)10-19(18)30(31)32/h2-11,29H,12H2,1H3/b28-11-. The molecule has 0 saturated carbocycles. The number of rotatable bonds is 8. The molecule has 0 atom stereocenters. The molecule has 0 heterocycles. The molecule has 0 aliphatic heterocycles. The molecule has 0 amide bonds. The molecular weight excluding hydrogens is 590 g/mol. The second-order valence-electron chi connectivity index (χ2n) is 6.81. The van der Waals surface area contributed by atoms with E-state index in [1.807, 2.05) is 24.3 Å². The van der Waals surface area contributed by atoms with Crippen molar-refractivity contribution in [2.45, 2.75) is 12.8 Å². The van der Waals surface area contributed by atoms with Crippen molar-refractivity contribution in [2.75, 3.05) is 12.5 Å². The number of benzene rings is 3. The first-order valence-electron chi connectivity index (χ1n) is 9.48. The molecule has 0 aliphatic rings. The van der Waals surface area contributed by atoms with Gasteiger partial charge in [0.2, 0.25) is 0 Å². The number of anilines is 1. The van der Waals surface area contributed by atoms with Gasteiger partial charge in [-0.3, -0.25) is 15.5 Å². The molecule has 0 saturated heterocycles. The van der Waals surface area contributed by atoms with Crippen LogP contribution in [0.2, 0.25) is 5.02 Å². The third-order valence-electron chi connectivity index (χ3n) is 4.47. The number of nitro benzene ring substituents is 1. The lowest BCUT2D eigenvalue weighted by atomic mass is 10.1. The van der Waals surface area contributed by atoms with Crippen LogP contribution >= 0.6 is 34.2 Å². The van der Waals surface area contributed by atoms with Crippen LogP contribution in [0.5, 0.6) is 11.5 Å². The summed E-state index contributed by atoms with van der Waals surface area (Å²) in [7, 11) is 1.44. The van der Waals surface area contributed by atoms with Crippen LogP contribution in [-0.4, -0.2) is 18.2 Å². The molecule has 34 heavy (non-hydrogen) atoms. The summed E-state index contributed by atoms with van der Waals surface area (Å²) in [5, 5.41) is 15.3. The molecule has 3 aromatic rings. The zero-order valence-corrected chi connectivity index (χ0v) is 20.3. The van der Waals surface area contributed by atoms with Gasteiger partial charge >= 0.3 is 6.18 Å². The molecule has 0 aromatic heterocycles. The van der Waals surface area contributed by atoms with E-state index < -0.39 is 22.4 Å². The van der Waals surface area contributed by atoms with E-state index in [9.17, 15) is 23.3 Å². The highest BCUT2D eigenvalue weighted by Gasteiger charge is 2.33. The Morgan fingerprint density at radius 3 is 2.50 bits per heavy atom. The van der Waals surface area contributed by atoms with Gasteiger partial charge in [-0.05, 0) is 70.1 Å². The average Bonchev–Trinajstić information content (AvgIpc) is 2.78. The predicted molar refractivity (Wildman–Crippen MR) is 131 cm³/mol. The number of nitrogens with one attached hydrogen (secondary N) is 1. The summed E-state index contributed by atoms with van der Waals surface area (Å²) in [4.78, 5) is 10.3. The summed E-state index contributed by atoms with van der Waals surface area (Å²) < 4.78 is 50.8. The van der Waals surface area contributed by atoms with Crippen molar-refractivity contribution >= 4 is 51.8 Å². The van der Waals surface area contributed by atoms with Crippen molar-refractivity contribution in [3.8, 4) is 11.5 Å². The van der Waals surface area contributed by atoms with Crippen LogP contribution in [0.3, 0.4) is 0 Å². The highest BCUT2D eigenvalue weighted by atomic mass is 127. The van der Waals surface area contributed by atoms with Crippen LogP contribution in [0, 0.1) is 13.7 Å². The Hall–Kier alpha value is -3.06. The Morgan fingerprint density at radius 1 is 1.18 bits per heavy atom. The molecule has 178 valence electrons.